The number of aromatic nitrogens is 2. The predicted octanol–water partition coefficient (Wildman–Crippen LogP) is 3.43. The van der Waals surface area contributed by atoms with E-state index in [4.69, 9.17) is 16.2 Å². The average molecular weight is 447 g/mol. The Morgan fingerprint density at radius 1 is 1.22 bits per heavy atom. The van der Waals surface area contributed by atoms with E-state index in [9.17, 15) is 27.6 Å². The average Bonchev–Trinajstić information content (AvgIpc) is 3.01. The molecule has 7 nitrogen and oxygen atoms in total. The van der Waals surface area contributed by atoms with Crippen LogP contribution in [0.4, 0.5) is 23.4 Å². The number of halogens is 4. The minimum atomic E-state index is -4.61. The van der Waals surface area contributed by atoms with Crippen LogP contribution in [0.2, 0.25) is 0 Å². The zero-order valence-corrected chi connectivity index (χ0v) is 16.5. The van der Waals surface area contributed by atoms with E-state index in [1.165, 1.54) is 24.3 Å². The number of alkyl halides is 3. The Labute approximate surface area is 179 Å². The van der Waals surface area contributed by atoms with Crippen LogP contribution in [-0.2, 0) is 13.0 Å². The molecule has 0 bridgehead atoms. The summed E-state index contributed by atoms with van der Waals surface area (Å²) in [5.74, 6) is -1.63. The van der Waals surface area contributed by atoms with Crippen molar-refractivity contribution in [3.05, 3.63) is 65.0 Å². The van der Waals surface area contributed by atoms with E-state index in [-0.39, 0.29) is 35.4 Å². The molecule has 0 saturated heterocycles. The Hall–Kier alpha value is -4.07. The summed E-state index contributed by atoms with van der Waals surface area (Å²) in [7, 11) is 0. The Bertz CT molecular complexity index is 1200. The molecule has 32 heavy (non-hydrogen) atoms. The third kappa shape index (κ3) is 4.97. The molecule has 166 valence electrons. The Morgan fingerprint density at radius 3 is 2.56 bits per heavy atom. The second-order valence-corrected chi connectivity index (χ2v) is 6.77. The number of carbonyl (C=O) groups is 1. The van der Waals surface area contributed by atoms with Crippen LogP contribution in [0.15, 0.2) is 42.5 Å². The van der Waals surface area contributed by atoms with Crippen LogP contribution < -0.4 is 16.2 Å². The van der Waals surface area contributed by atoms with Gasteiger partial charge in [0.2, 0.25) is 0 Å². The molecule has 2 aromatic carbocycles. The lowest BCUT2D eigenvalue weighted by Gasteiger charge is -2.10. The first-order valence-electron chi connectivity index (χ1n) is 9.24. The molecule has 0 atom stereocenters. The van der Waals surface area contributed by atoms with Gasteiger partial charge in [-0.15, -0.1) is 0 Å². The van der Waals surface area contributed by atoms with Crippen LogP contribution in [0.5, 0.6) is 5.75 Å². The van der Waals surface area contributed by atoms with E-state index < -0.39 is 30.3 Å². The zero-order valence-electron chi connectivity index (χ0n) is 16.5. The highest BCUT2D eigenvalue weighted by molar-refractivity contribution is 5.95. The number of para-hydroxylation sites is 1. The minimum Gasteiger partial charge on any atom is -0.492 e. The summed E-state index contributed by atoms with van der Waals surface area (Å²) in [6, 6.07) is 12.1. The number of rotatable bonds is 7. The van der Waals surface area contributed by atoms with Gasteiger partial charge in [0.1, 0.15) is 41.3 Å². The largest absolute Gasteiger partial charge is 0.492 e. The van der Waals surface area contributed by atoms with Crippen molar-refractivity contribution in [1.82, 2.24) is 9.78 Å². The Balaban J connectivity index is 1.78. The second kappa shape index (κ2) is 8.97. The number of primary amides is 1. The maximum Gasteiger partial charge on any atom is 0.408 e. The normalized spacial score (nSPS) is 11.2. The van der Waals surface area contributed by atoms with Gasteiger partial charge in [0, 0.05) is 12.0 Å². The fourth-order valence-corrected chi connectivity index (χ4v) is 3.05. The number of hydrogen-bond acceptors (Lipinski definition) is 5. The van der Waals surface area contributed by atoms with Gasteiger partial charge in [0.15, 0.2) is 0 Å². The summed E-state index contributed by atoms with van der Waals surface area (Å²) in [6.07, 6.45) is -4.35. The van der Waals surface area contributed by atoms with Gasteiger partial charge in [-0.3, -0.25) is 4.79 Å². The molecule has 0 saturated carbocycles. The molecular weight excluding hydrogens is 430 g/mol. The van der Waals surface area contributed by atoms with E-state index in [2.05, 4.69) is 5.10 Å². The van der Waals surface area contributed by atoms with Crippen LogP contribution in [0.1, 0.15) is 21.5 Å². The Morgan fingerprint density at radius 2 is 1.94 bits per heavy atom. The van der Waals surface area contributed by atoms with E-state index in [1.54, 1.807) is 24.3 Å². The number of anilines is 1. The monoisotopic (exact) mass is 447 g/mol. The zero-order chi connectivity index (χ0) is 23.5. The summed E-state index contributed by atoms with van der Waals surface area (Å²) < 4.78 is 58.8. The fraction of sp³-hybridized carbons (Fsp3) is 0.190. The number of ether oxygens (including phenoxy) is 1. The third-order valence-corrected chi connectivity index (χ3v) is 4.52. The molecule has 3 rings (SSSR count). The lowest BCUT2D eigenvalue weighted by atomic mass is 10.0. The standard InChI is InChI=1S/C21H17F4N5O2/c22-16-9-12(7-8-32-17-4-2-1-3-14(17)20(28)31)5-6-13(16)18-15(10-26)19(27)30(29-18)11-21(23,24)25/h1-6,9H,7-8,11,27H2,(H2,28,31). The van der Waals surface area contributed by atoms with Gasteiger partial charge in [0.05, 0.1) is 12.2 Å². The van der Waals surface area contributed by atoms with Crippen LogP contribution in [0.3, 0.4) is 0 Å². The molecule has 4 N–H and O–H groups in total. The van der Waals surface area contributed by atoms with Crippen molar-refractivity contribution in [2.24, 2.45) is 5.73 Å². The highest BCUT2D eigenvalue weighted by Gasteiger charge is 2.31. The van der Waals surface area contributed by atoms with Crippen LogP contribution in [-0.4, -0.2) is 28.5 Å². The van der Waals surface area contributed by atoms with E-state index in [0.717, 1.165) is 0 Å². The molecule has 11 heteroatoms. The van der Waals surface area contributed by atoms with Crippen molar-refractivity contribution in [2.45, 2.75) is 19.1 Å². The molecule has 0 unspecified atom stereocenters. The van der Waals surface area contributed by atoms with Gasteiger partial charge < -0.3 is 16.2 Å². The number of nitrogens with zero attached hydrogens (tertiary/aromatic N) is 3. The molecule has 1 aromatic heterocycles. The third-order valence-electron chi connectivity index (χ3n) is 4.52. The predicted molar refractivity (Wildman–Crippen MR) is 107 cm³/mol. The molecule has 0 fully saturated rings. The summed E-state index contributed by atoms with van der Waals surface area (Å²) in [5.41, 5.74) is 10.9. The number of amides is 1. The number of benzene rings is 2. The van der Waals surface area contributed by atoms with Crippen LogP contribution in [0, 0.1) is 17.1 Å². The molecule has 0 aliphatic heterocycles. The number of carbonyl (C=O) groups excluding carboxylic acids is 1. The summed E-state index contributed by atoms with van der Waals surface area (Å²) in [4.78, 5) is 11.4. The minimum absolute atomic E-state index is 0.111. The van der Waals surface area contributed by atoms with Crippen molar-refractivity contribution in [2.75, 3.05) is 12.3 Å². The van der Waals surface area contributed by atoms with Crippen molar-refractivity contribution >= 4 is 11.7 Å². The van der Waals surface area contributed by atoms with Crippen LogP contribution in [0.25, 0.3) is 11.3 Å². The number of nitrogen functional groups attached to an aromatic ring is 1. The van der Waals surface area contributed by atoms with E-state index in [0.29, 0.717) is 16.0 Å². The first-order valence-corrected chi connectivity index (χ1v) is 9.24. The maximum atomic E-state index is 14.7. The molecule has 0 radical (unpaired) electrons. The van der Waals surface area contributed by atoms with Crippen molar-refractivity contribution in [1.29, 1.82) is 5.26 Å². The van der Waals surface area contributed by atoms with Crippen molar-refractivity contribution < 1.29 is 27.1 Å². The fourth-order valence-electron chi connectivity index (χ4n) is 3.05. The first-order chi connectivity index (χ1) is 15.1. The van der Waals surface area contributed by atoms with Gasteiger partial charge in [-0.25, -0.2) is 9.07 Å². The van der Waals surface area contributed by atoms with E-state index >= 15 is 0 Å². The topological polar surface area (TPSA) is 120 Å². The lowest BCUT2D eigenvalue weighted by molar-refractivity contribution is -0.142. The molecular formula is C21H17F4N5O2. The maximum absolute atomic E-state index is 14.7. The molecule has 0 aliphatic rings. The van der Waals surface area contributed by atoms with Crippen molar-refractivity contribution in [3.63, 3.8) is 0 Å². The molecule has 3 aromatic rings. The SMILES string of the molecule is N#Cc1c(-c2ccc(CCOc3ccccc3C(N)=O)cc2F)nn(CC(F)(F)F)c1N. The van der Waals surface area contributed by atoms with E-state index in [1.807, 2.05) is 0 Å². The quantitative estimate of drug-likeness (QED) is 0.538. The molecule has 1 heterocycles. The second-order valence-electron chi connectivity index (χ2n) is 6.77. The van der Waals surface area contributed by atoms with Crippen molar-refractivity contribution in [3.8, 4) is 23.1 Å². The van der Waals surface area contributed by atoms with Gasteiger partial charge in [-0.2, -0.15) is 23.5 Å². The van der Waals surface area contributed by atoms with Gasteiger partial charge >= 0.3 is 6.18 Å². The number of hydrogen-bond donors (Lipinski definition) is 2. The summed E-state index contributed by atoms with van der Waals surface area (Å²) in [6.45, 7) is -1.39. The summed E-state index contributed by atoms with van der Waals surface area (Å²) >= 11 is 0. The highest BCUT2D eigenvalue weighted by atomic mass is 19.4. The summed E-state index contributed by atoms with van der Waals surface area (Å²) in [5, 5.41) is 13.0. The van der Waals surface area contributed by atoms with Gasteiger partial charge in [-0.1, -0.05) is 18.2 Å². The van der Waals surface area contributed by atoms with Crippen LogP contribution >= 0.6 is 0 Å². The number of nitrogens with two attached hydrogens (primary N) is 2. The van der Waals surface area contributed by atoms with Gasteiger partial charge in [0.25, 0.3) is 5.91 Å². The van der Waals surface area contributed by atoms with Gasteiger partial charge in [-0.05, 0) is 29.8 Å². The molecule has 1 amide bonds. The highest BCUT2D eigenvalue weighted by Crippen LogP contribution is 2.31. The smallest absolute Gasteiger partial charge is 0.408 e. The Kier molecular flexibility index (Phi) is 6.34. The molecule has 0 aliphatic carbocycles. The molecule has 0 spiro atoms. The number of nitriles is 1. The lowest BCUT2D eigenvalue weighted by Crippen LogP contribution is -2.20. The first kappa shape index (κ1) is 22.6.